The molecule has 2 aliphatic rings. The second-order valence-corrected chi connectivity index (χ2v) is 7.91. The molecular formula is C22H22F2O4. The van der Waals surface area contributed by atoms with E-state index in [0.29, 0.717) is 26.2 Å². The van der Waals surface area contributed by atoms with Gasteiger partial charge < -0.3 is 9.47 Å². The molecule has 6 heteroatoms. The van der Waals surface area contributed by atoms with Gasteiger partial charge in [-0.3, -0.25) is 4.79 Å². The summed E-state index contributed by atoms with van der Waals surface area (Å²) in [5.74, 6) is -5.51. The first-order chi connectivity index (χ1) is 13.3. The number of rotatable bonds is 5. The summed E-state index contributed by atoms with van der Waals surface area (Å²) in [6.07, 6.45) is 1.15. The van der Waals surface area contributed by atoms with Crippen LogP contribution < -0.4 is 0 Å². The highest BCUT2D eigenvalue weighted by Crippen LogP contribution is 2.50. The Morgan fingerprint density at radius 1 is 1.04 bits per heavy atom. The van der Waals surface area contributed by atoms with Crippen molar-refractivity contribution in [2.45, 2.75) is 44.8 Å². The smallest absolute Gasteiger partial charge is 0.376 e. The van der Waals surface area contributed by atoms with Crippen LogP contribution in [0, 0.1) is 17.8 Å². The molecule has 4 rings (SSSR count). The number of carbonyl (C=O) groups excluding carboxylic acids is 2. The van der Waals surface area contributed by atoms with Gasteiger partial charge in [0, 0.05) is 6.92 Å². The number of carbonyl (C=O) groups is 2. The first kappa shape index (κ1) is 18.8. The van der Waals surface area contributed by atoms with Gasteiger partial charge in [0.1, 0.15) is 12.7 Å². The molecule has 148 valence electrons. The Balaban J connectivity index is 1.34. The van der Waals surface area contributed by atoms with Crippen LogP contribution in [0.5, 0.6) is 0 Å². The molecule has 4 nitrogen and oxygen atoms in total. The number of alkyl halides is 2. The van der Waals surface area contributed by atoms with Crippen molar-refractivity contribution in [3.8, 4) is 0 Å². The molecule has 2 aromatic rings. The first-order valence-corrected chi connectivity index (χ1v) is 9.55. The molecule has 4 atom stereocenters. The highest BCUT2D eigenvalue weighted by molar-refractivity contribution is 5.85. The van der Waals surface area contributed by atoms with Crippen molar-refractivity contribution in [2.24, 2.45) is 17.8 Å². The van der Waals surface area contributed by atoms with Gasteiger partial charge in [0.15, 0.2) is 0 Å². The van der Waals surface area contributed by atoms with Gasteiger partial charge in [0.25, 0.3) is 0 Å². The summed E-state index contributed by atoms with van der Waals surface area (Å²) < 4.78 is 36.6. The molecule has 0 saturated heterocycles. The van der Waals surface area contributed by atoms with Gasteiger partial charge in [-0.2, -0.15) is 8.78 Å². The number of hydrogen-bond acceptors (Lipinski definition) is 4. The van der Waals surface area contributed by atoms with Gasteiger partial charge in [-0.05, 0) is 47.4 Å². The van der Waals surface area contributed by atoms with Crippen LogP contribution in [0.4, 0.5) is 8.78 Å². The number of fused-ring (bicyclic) bond motifs is 3. The van der Waals surface area contributed by atoms with E-state index in [2.05, 4.69) is 0 Å². The summed E-state index contributed by atoms with van der Waals surface area (Å²) in [5, 5.41) is 2.14. The Bertz CT molecular complexity index is 900. The lowest BCUT2D eigenvalue weighted by molar-refractivity contribution is -0.178. The van der Waals surface area contributed by atoms with E-state index in [-0.39, 0.29) is 30.3 Å². The molecule has 28 heavy (non-hydrogen) atoms. The van der Waals surface area contributed by atoms with Crippen LogP contribution in [0.2, 0.25) is 0 Å². The fourth-order valence-corrected chi connectivity index (χ4v) is 4.57. The quantitative estimate of drug-likeness (QED) is 0.708. The van der Waals surface area contributed by atoms with Crippen LogP contribution in [0.1, 0.15) is 31.7 Å². The summed E-state index contributed by atoms with van der Waals surface area (Å²) >= 11 is 0. The van der Waals surface area contributed by atoms with Gasteiger partial charge in [-0.15, -0.1) is 0 Å². The SMILES string of the molecule is CC(F)(F)C(=O)OC1CC2CC1CC2C(=O)OCc1cccc2ccccc12. The van der Waals surface area contributed by atoms with E-state index < -0.39 is 18.0 Å². The predicted molar refractivity (Wildman–Crippen MR) is 98.6 cm³/mol. The van der Waals surface area contributed by atoms with Crippen molar-refractivity contribution in [2.75, 3.05) is 0 Å². The molecule has 2 bridgehead atoms. The zero-order valence-corrected chi connectivity index (χ0v) is 15.6. The molecule has 0 aliphatic heterocycles. The van der Waals surface area contributed by atoms with Crippen molar-refractivity contribution in [1.29, 1.82) is 0 Å². The molecule has 0 heterocycles. The topological polar surface area (TPSA) is 52.6 Å². The normalized spacial score (nSPS) is 26.4. The molecule has 2 saturated carbocycles. The van der Waals surface area contributed by atoms with Gasteiger partial charge in [-0.25, -0.2) is 4.79 Å². The van der Waals surface area contributed by atoms with E-state index in [1.807, 2.05) is 42.5 Å². The third-order valence-corrected chi connectivity index (χ3v) is 5.96. The second-order valence-electron chi connectivity index (χ2n) is 7.91. The van der Waals surface area contributed by atoms with Crippen molar-refractivity contribution >= 4 is 22.7 Å². The van der Waals surface area contributed by atoms with Crippen LogP contribution >= 0.6 is 0 Å². The van der Waals surface area contributed by atoms with Crippen molar-refractivity contribution < 1.29 is 27.8 Å². The lowest BCUT2D eigenvalue weighted by Gasteiger charge is -2.27. The maximum absolute atomic E-state index is 13.0. The first-order valence-electron chi connectivity index (χ1n) is 9.55. The van der Waals surface area contributed by atoms with E-state index in [4.69, 9.17) is 9.47 Å². The number of halogens is 2. The minimum Gasteiger partial charge on any atom is -0.461 e. The number of esters is 2. The summed E-state index contributed by atoms with van der Waals surface area (Å²) in [4.78, 5) is 24.0. The number of hydrogen-bond donors (Lipinski definition) is 0. The lowest BCUT2D eigenvalue weighted by Crippen LogP contribution is -2.36. The van der Waals surface area contributed by atoms with Crippen molar-refractivity contribution in [3.05, 3.63) is 48.0 Å². The molecule has 0 N–H and O–H groups in total. The lowest BCUT2D eigenvalue weighted by atomic mass is 9.87. The highest BCUT2D eigenvalue weighted by atomic mass is 19.3. The summed E-state index contributed by atoms with van der Waals surface area (Å²) in [6.45, 7) is 0.741. The van der Waals surface area contributed by atoms with Crippen molar-refractivity contribution in [1.82, 2.24) is 0 Å². The predicted octanol–water partition coefficient (Wildman–Crippen LogP) is 4.50. The van der Waals surface area contributed by atoms with Crippen molar-refractivity contribution in [3.63, 3.8) is 0 Å². The number of benzene rings is 2. The van der Waals surface area contributed by atoms with E-state index in [9.17, 15) is 18.4 Å². The van der Waals surface area contributed by atoms with E-state index in [1.165, 1.54) is 0 Å². The van der Waals surface area contributed by atoms with Gasteiger partial charge in [0.05, 0.1) is 5.92 Å². The molecule has 2 fully saturated rings. The van der Waals surface area contributed by atoms with E-state index in [1.54, 1.807) is 0 Å². The Morgan fingerprint density at radius 3 is 2.50 bits per heavy atom. The van der Waals surface area contributed by atoms with Gasteiger partial charge in [-0.1, -0.05) is 42.5 Å². The maximum atomic E-state index is 13.0. The van der Waals surface area contributed by atoms with Crippen LogP contribution in [0.15, 0.2) is 42.5 Å². The zero-order chi connectivity index (χ0) is 19.9. The minimum absolute atomic E-state index is 0.0216. The molecule has 0 amide bonds. The van der Waals surface area contributed by atoms with Crippen LogP contribution in [-0.4, -0.2) is 24.0 Å². The second kappa shape index (κ2) is 7.15. The fraction of sp³-hybridized carbons (Fsp3) is 0.455. The fourth-order valence-electron chi connectivity index (χ4n) is 4.57. The summed E-state index contributed by atoms with van der Waals surface area (Å²) in [5.41, 5.74) is 0.951. The maximum Gasteiger partial charge on any atom is 0.376 e. The minimum atomic E-state index is -3.49. The molecule has 4 unspecified atom stereocenters. The Kier molecular flexibility index (Phi) is 4.81. The summed E-state index contributed by atoms with van der Waals surface area (Å²) in [6, 6.07) is 13.8. The highest BCUT2D eigenvalue weighted by Gasteiger charge is 2.52. The zero-order valence-electron chi connectivity index (χ0n) is 15.6. The number of ether oxygens (including phenoxy) is 2. The van der Waals surface area contributed by atoms with Gasteiger partial charge in [0.2, 0.25) is 0 Å². The van der Waals surface area contributed by atoms with Crippen LogP contribution in [0.3, 0.4) is 0 Å². The Morgan fingerprint density at radius 2 is 1.79 bits per heavy atom. The van der Waals surface area contributed by atoms with Crippen LogP contribution in [0.25, 0.3) is 10.8 Å². The molecule has 0 radical (unpaired) electrons. The van der Waals surface area contributed by atoms with E-state index in [0.717, 1.165) is 16.3 Å². The average Bonchev–Trinajstić information content (AvgIpc) is 3.25. The average molecular weight is 388 g/mol. The third-order valence-electron chi connectivity index (χ3n) is 5.96. The van der Waals surface area contributed by atoms with Crippen LogP contribution in [-0.2, 0) is 25.7 Å². The Hall–Kier alpha value is -2.50. The molecule has 2 aliphatic carbocycles. The monoisotopic (exact) mass is 388 g/mol. The van der Waals surface area contributed by atoms with Gasteiger partial charge >= 0.3 is 17.9 Å². The summed E-state index contributed by atoms with van der Waals surface area (Å²) in [7, 11) is 0. The third kappa shape index (κ3) is 3.60. The standard InChI is InChI=1S/C22H22F2O4/c1-22(23,24)21(26)28-19-11-15-9-16(19)10-18(15)20(25)27-12-14-7-4-6-13-5-2-3-8-17(13)14/h2-8,15-16,18-19H,9-12H2,1H3. The molecule has 2 aromatic carbocycles. The Labute approximate surface area is 161 Å². The van der Waals surface area contributed by atoms with E-state index >= 15 is 0 Å². The molecular weight excluding hydrogens is 366 g/mol. The largest absolute Gasteiger partial charge is 0.461 e. The molecule has 0 spiro atoms. The molecule has 0 aromatic heterocycles.